The van der Waals surface area contributed by atoms with Gasteiger partial charge in [-0.05, 0) is 30.5 Å². The number of rotatable bonds is 2. The molecule has 1 aliphatic heterocycles. The zero-order valence-electron chi connectivity index (χ0n) is 9.03. The lowest BCUT2D eigenvalue weighted by atomic mass is 9.93. The van der Waals surface area contributed by atoms with E-state index in [9.17, 15) is 0 Å². The summed E-state index contributed by atoms with van der Waals surface area (Å²) < 4.78 is 5.57. The van der Waals surface area contributed by atoms with Gasteiger partial charge in [0.25, 0.3) is 0 Å². The van der Waals surface area contributed by atoms with Crippen LogP contribution >= 0.6 is 12.4 Å². The highest BCUT2D eigenvalue weighted by Crippen LogP contribution is 2.26. The van der Waals surface area contributed by atoms with Crippen LogP contribution in [0.5, 0.6) is 0 Å². The van der Waals surface area contributed by atoms with Gasteiger partial charge in [0.15, 0.2) is 0 Å². The molecule has 0 saturated carbocycles. The molecule has 0 aromatic heterocycles. The van der Waals surface area contributed by atoms with Crippen molar-refractivity contribution in [2.24, 2.45) is 0 Å². The maximum absolute atomic E-state index is 5.57. The number of likely N-dealkylation sites (N-methyl/N-ethyl adjacent to an activating group) is 1. The van der Waals surface area contributed by atoms with Crippen molar-refractivity contribution in [1.29, 1.82) is 0 Å². The summed E-state index contributed by atoms with van der Waals surface area (Å²) in [6.07, 6.45) is 1.12. The Kier molecular flexibility index (Phi) is 5.09. The van der Waals surface area contributed by atoms with Crippen LogP contribution in [0.15, 0.2) is 24.3 Å². The van der Waals surface area contributed by atoms with E-state index in [2.05, 4.69) is 29.6 Å². The zero-order chi connectivity index (χ0) is 9.80. The van der Waals surface area contributed by atoms with Crippen molar-refractivity contribution in [2.45, 2.75) is 18.9 Å². The minimum Gasteiger partial charge on any atom is -0.377 e. The third-order valence-corrected chi connectivity index (χ3v) is 2.81. The van der Waals surface area contributed by atoms with Gasteiger partial charge in [-0.25, -0.2) is 0 Å². The second-order valence-corrected chi connectivity index (χ2v) is 3.79. The fourth-order valence-electron chi connectivity index (χ4n) is 2.09. The molecule has 0 aliphatic carbocycles. The normalized spacial score (nSPS) is 19.9. The molecular weight excluding hydrogens is 210 g/mol. The fraction of sp³-hybridized carbons (Fsp3) is 0.500. The molecule has 0 saturated heterocycles. The predicted molar refractivity (Wildman–Crippen MR) is 64.6 cm³/mol. The zero-order valence-corrected chi connectivity index (χ0v) is 9.85. The molecule has 15 heavy (non-hydrogen) atoms. The third kappa shape index (κ3) is 2.94. The molecule has 0 fully saturated rings. The Morgan fingerprint density at radius 3 is 3.00 bits per heavy atom. The average molecular weight is 228 g/mol. The summed E-state index contributed by atoms with van der Waals surface area (Å²) in [6.45, 7) is 2.69. The first kappa shape index (κ1) is 12.5. The fourth-order valence-corrected chi connectivity index (χ4v) is 2.09. The largest absolute Gasteiger partial charge is 0.377 e. The van der Waals surface area contributed by atoms with Gasteiger partial charge in [0.1, 0.15) is 0 Å². The van der Waals surface area contributed by atoms with E-state index in [1.54, 1.807) is 0 Å². The summed E-state index contributed by atoms with van der Waals surface area (Å²) in [5.41, 5.74) is 2.81. The van der Waals surface area contributed by atoms with Gasteiger partial charge in [0, 0.05) is 13.2 Å². The maximum atomic E-state index is 5.57. The van der Waals surface area contributed by atoms with E-state index in [4.69, 9.17) is 4.74 Å². The first-order valence-electron chi connectivity index (χ1n) is 5.22. The van der Waals surface area contributed by atoms with E-state index in [1.807, 2.05) is 7.05 Å². The lowest BCUT2D eigenvalue weighted by Crippen LogP contribution is -2.18. The Morgan fingerprint density at radius 2 is 2.20 bits per heavy atom. The van der Waals surface area contributed by atoms with Gasteiger partial charge in [0.2, 0.25) is 0 Å². The topological polar surface area (TPSA) is 21.3 Å². The monoisotopic (exact) mass is 227 g/mol. The Labute approximate surface area is 97.4 Å². The molecule has 1 unspecified atom stereocenters. The van der Waals surface area contributed by atoms with Gasteiger partial charge in [-0.1, -0.05) is 24.3 Å². The van der Waals surface area contributed by atoms with E-state index in [0.29, 0.717) is 5.92 Å². The average Bonchev–Trinajstić information content (AvgIpc) is 2.42. The quantitative estimate of drug-likeness (QED) is 0.838. The number of benzene rings is 1. The molecule has 1 aromatic rings. The van der Waals surface area contributed by atoms with Crippen LogP contribution in [0.1, 0.15) is 23.5 Å². The van der Waals surface area contributed by atoms with Crippen LogP contribution in [0.2, 0.25) is 0 Å². The number of fused-ring (bicyclic) bond motifs is 1. The first-order valence-corrected chi connectivity index (χ1v) is 5.22. The molecule has 1 aliphatic rings. The minimum absolute atomic E-state index is 0. The second kappa shape index (κ2) is 6.11. The van der Waals surface area contributed by atoms with Crippen molar-refractivity contribution >= 4 is 12.4 Å². The summed E-state index contributed by atoms with van der Waals surface area (Å²) in [4.78, 5) is 0. The summed E-state index contributed by atoms with van der Waals surface area (Å²) >= 11 is 0. The van der Waals surface area contributed by atoms with Gasteiger partial charge in [0.05, 0.1) is 6.61 Å². The SMILES string of the molecule is CNCC1CCOCc2ccccc21.Cl. The van der Waals surface area contributed by atoms with Crippen molar-refractivity contribution in [2.75, 3.05) is 20.2 Å². The van der Waals surface area contributed by atoms with Crippen LogP contribution in [0.3, 0.4) is 0 Å². The molecule has 1 heterocycles. The van der Waals surface area contributed by atoms with Gasteiger partial charge in [-0.15, -0.1) is 12.4 Å². The molecule has 0 radical (unpaired) electrons. The number of hydrogen-bond acceptors (Lipinski definition) is 2. The Morgan fingerprint density at radius 1 is 1.40 bits per heavy atom. The highest BCUT2D eigenvalue weighted by Gasteiger charge is 2.17. The Hall–Kier alpha value is -0.570. The summed E-state index contributed by atoms with van der Waals surface area (Å²) in [5, 5.41) is 3.25. The number of nitrogens with one attached hydrogen (secondary N) is 1. The van der Waals surface area contributed by atoms with Crippen LogP contribution < -0.4 is 5.32 Å². The van der Waals surface area contributed by atoms with Crippen molar-refractivity contribution in [3.8, 4) is 0 Å². The second-order valence-electron chi connectivity index (χ2n) is 3.79. The number of hydrogen-bond donors (Lipinski definition) is 1. The maximum Gasteiger partial charge on any atom is 0.0719 e. The smallest absolute Gasteiger partial charge is 0.0719 e. The Balaban J connectivity index is 0.00000112. The van der Waals surface area contributed by atoms with Gasteiger partial charge in [-0.2, -0.15) is 0 Å². The molecule has 2 nitrogen and oxygen atoms in total. The van der Waals surface area contributed by atoms with Crippen molar-refractivity contribution in [1.82, 2.24) is 5.32 Å². The van der Waals surface area contributed by atoms with Gasteiger partial charge in [-0.3, -0.25) is 0 Å². The summed E-state index contributed by atoms with van der Waals surface area (Å²) in [6, 6.07) is 8.60. The van der Waals surface area contributed by atoms with Gasteiger partial charge >= 0.3 is 0 Å². The molecule has 3 heteroatoms. The van der Waals surface area contributed by atoms with Crippen LogP contribution in [0.4, 0.5) is 0 Å². The molecule has 0 spiro atoms. The highest BCUT2D eigenvalue weighted by molar-refractivity contribution is 5.85. The van der Waals surface area contributed by atoms with E-state index in [-0.39, 0.29) is 12.4 Å². The summed E-state index contributed by atoms with van der Waals surface area (Å²) in [7, 11) is 2.01. The molecule has 1 atom stereocenters. The van der Waals surface area contributed by atoms with Crippen molar-refractivity contribution < 1.29 is 4.74 Å². The van der Waals surface area contributed by atoms with Crippen molar-refractivity contribution in [3.05, 3.63) is 35.4 Å². The lowest BCUT2D eigenvalue weighted by Gasteiger charge is -2.15. The van der Waals surface area contributed by atoms with E-state index in [1.165, 1.54) is 11.1 Å². The molecule has 0 bridgehead atoms. The van der Waals surface area contributed by atoms with E-state index in [0.717, 1.165) is 26.2 Å². The van der Waals surface area contributed by atoms with Crippen LogP contribution in [0.25, 0.3) is 0 Å². The molecule has 1 N–H and O–H groups in total. The van der Waals surface area contributed by atoms with Crippen LogP contribution in [0, 0.1) is 0 Å². The highest BCUT2D eigenvalue weighted by atomic mass is 35.5. The lowest BCUT2D eigenvalue weighted by molar-refractivity contribution is 0.122. The molecule has 2 rings (SSSR count). The molecular formula is C12H18ClNO. The molecule has 0 amide bonds. The number of halogens is 1. The predicted octanol–water partition coefficient (Wildman–Crippen LogP) is 2.33. The number of ether oxygens (including phenoxy) is 1. The molecule has 1 aromatic carbocycles. The van der Waals surface area contributed by atoms with Crippen molar-refractivity contribution in [3.63, 3.8) is 0 Å². The van der Waals surface area contributed by atoms with E-state index < -0.39 is 0 Å². The van der Waals surface area contributed by atoms with Crippen LogP contribution in [-0.4, -0.2) is 20.2 Å². The minimum atomic E-state index is 0. The standard InChI is InChI=1S/C12H17NO.ClH/c1-13-8-10-6-7-14-9-11-4-2-3-5-12(10)11;/h2-5,10,13H,6-9H2,1H3;1H. The van der Waals surface area contributed by atoms with Gasteiger partial charge < -0.3 is 10.1 Å². The first-order chi connectivity index (χ1) is 6.92. The summed E-state index contributed by atoms with van der Waals surface area (Å²) in [5.74, 6) is 0.610. The Bertz CT molecular complexity index is 303. The van der Waals surface area contributed by atoms with Crippen LogP contribution in [-0.2, 0) is 11.3 Å². The third-order valence-electron chi connectivity index (χ3n) is 2.81. The molecule has 84 valence electrons. The van der Waals surface area contributed by atoms with E-state index >= 15 is 0 Å².